The SMILES string of the molecule is CNc1nc(N)c(C(=O)Nc2ccc(C)cc2)s1. The van der Waals surface area contributed by atoms with Crippen molar-refractivity contribution in [1.29, 1.82) is 0 Å². The van der Waals surface area contributed by atoms with E-state index < -0.39 is 0 Å². The molecular formula is C12H14N4OS. The van der Waals surface area contributed by atoms with Crippen molar-refractivity contribution in [3.05, 3.63) is 34.7 Å². The van der Waals surface area contributed by atoms with Gasteiger partial charge in [-0.25, -0.2) is 4.98 Å². The molecule has 0 aliphatic heterocycles. The lowest BCUT2D eigenvalue weighted by Gasteiger charge is -2.03. The predicted octanol–water partition coefficient (Wildman–Crippen LogP) is 2.33. The lowest BCUT2D eigenvalue weighted by molar-refractivity contribution is 0.103. The highest BCUT2D eigenvalue weighted by molar-refractivity contribution is 7.18. The van der Waals surface area contributed by atoms with Gasteiger partial charge in [0.25, 0.3) is 5.91 Å². The zero-order valence-electron chi connectivity index (χ0n) is 10.2. The normalized spacial score (nSPS) is 10.1. The van der Waals surface area contributed by atoms with Crippen molar-refractivity contribution in [3.63, 3.8) is 0 Å². The second-order valence-corrected chi connectivity index (χ2v) is 4.80. The zero-order chi connectivity index (χ0) is 13.1. The number of rotatable bonds is 3. The van der Waals surface area contributed by atoms with Gasteiger partial charge in [0.15, 0.2) is 5.13 Å². The fourth-order valence-corrected chi connectivity index (χ4v) is 2.16. The van der Waals surface area contributed by atoms with Crippen molar-refractivity contribution < 1.29 is 4.79 Å². The molecule has 1 heterocycles. The molecule has 0 unspecified atom stereocenters. The summed E-state index contributed by atoms with van der Waals surface area (Å²) < 4.78 is 0. The van der Waals surface area contributed by atoms with Crippen LogP contribution in [-0.4, -0.2) is 17.9 Å². The molecule has 2 rings (SSSR count). The van der Waals surface area contributed by atoms with E-state index in [-0.39, 0.29) is 11.7 Å². The lowest BCUT2D eigenvalue weighted by Crippen LogP contribution is -2.12. The molecule has 1 amide bonds. The van der Waals surface area contributed by atoms with E-state index in [1.54, 1.807) is 7.05 Å². The van der Waals surface area contributed by atoms with E-state index in [0.717, 1.165) is 11.3 Å². The summed E-state index contributed by atoms with van der Waals surface area (Å²) in [6.45, 7) is 1.99. The number of carbonyl (C=O) groups is 1. The summed E-state index contributed by atoms with van der Waals surface area (Å²) in [4.78, 5) is 16.4. The molecule has 1 aromatic heterocycles. The second kappa shape index (κ2) is 5.05. The first-order valence-corrected chi connectivity index (χ1v) is 6.24. The van der Waals surface area contributed by atoms with Crippen LogP contribution in [0.5, 0.6) is 0 Å². The monoisotopic (exact) mass is 262 g/mol. The van der Waals surface area contributed by atoms with Crippen LogP contribution < -0.4 is 16.4 Å². The van der Waals surface area contributed by atoms with Gasteiger partial charge in [0.05, 0.1) is 0 Å². The molecule has 6 heteroatoms. The Balaban J connectivity index is 2.16. The van der Waals surface area contributed by atoms with E-state index in [0.29, 0.717) is 10.0 Å². The molecule has 0 atom stereocenters. The number of nitrogens with zero attached hydrogens (tertiary/aromatic N) is 1. The summed E-state index contributed by atoms with van der Waals surface area (Å²) in [6, 6.07) is 7.57. The number of hydrogen-bond donors (Lipinski definition) is 3. The number of carbonyl (C=O) groups excluding carboxylic acids is 1. The molecule has 5 nitrogen and oxygen atoms in total. The van der Waals surface area contributed by atoms with Crippen molar-refractivity contribution in [2.24, 2.45) is 0 Å². The Labute approximate surface area is 109 Å². The molecule has 1 aromatic carbocycles. The number of aryl methyl sites for hydroxylation is 1. The summed E-state index contributed by atoms with van der Waals surface area (Å²) in [5.74, 6) is 0.00400. The van der Waals surface area contributed by atoms with E-state index in [1.165, 1.54) is 11.3 Å². The standard InChI is InChI=1S/C12H14N4OS/c1-7-3-5-8(6-4-7)15-11(17)9-10(13)16-12(14-2)18-9/h3-6H,13H2,1-2H3,(H,14,16)(H,15,17). The minimum atomic E-state index is -0.240. The maximum absolute atomic E-state index is 12.0. The molecule has 0 fully saturated rings. The molecule has 2 aromatic rings. The Bertz CT molecular complexity index is 562. The molecule has 0 radical (unpaired) electrons. The summed E-state index contributed by atoms with van der Waals surface area (Å²) in [6.07, 6.45) is 0. The first-order chi connectivity index (χ1) is 8.60. The highest BCUT2D eigenvalue weighted by atomic mass is 32.1. The highest BCUT2D eigenvalue weighted by Gasteiger charge is 2.15. The van der Waals surface area contributed by atoms with Gasteiger partial charge in [-0.2, -0.15) is 0 Å². The fraction of sp³-hybridized carbons (Fsp3) is 0.167. The smallest absolute Gasteiger partial charge is 0.269 e. The van der Waals surface area contributed by atoms with Gasteiger partial charge in [0.1, 0.15) is 10.7 Å². The third-order valence-electron chi connectivity index (χ3n) is 2.38. The van der Waals surface area contributed by atoms with Crippen LogP contribution in [0.1, 0.15) is 15.2 Å². The van der Waals surface area contributed by atoms with Crippen molar-refractivity contribution in [1.82, 2.24) is 4.98 Å². The summed E-state index contributed by atoms with van der Waals surface area (Å²) >= 11 is 1.23. The molecule has 0 spiro atoms. The Morgan fingerprint density at radius 3 is 2.56 bits per heavy atom. The summed E-state index contributed by atoms with van der Waals surface area (Å²) in [5, 5.41) is 6.28. The molecule has 18 heavy (non-hydrogen) atoms. The second-order valence-electron chi connectivity index (χ2n) is 3.80. The number of anilines is 3. The van der Waals surface area contributed by atoms with Crippen LogP contribution in [0.2, 0.25) is 0 Å². The fourth-order valence-electron chi connectivity index (χ4n) is 1.43. The summed E-state index contributed by atoms with van der Waals surface area (Å²) in [5.41, 5.74) is 7.58. The van der Waals surface area contributed by atoms with Gasteiger partial charge >= 0.3 is 0 Å². The van der Waals surface area contributed by atoms with Crippen LogP contribution >= 0.6 is 11.3 Å². The molecule has 4 N–H and O–H groups in total. The van der Waals surface area contributed by atoms with Gasteiger partial charge in [0.2, 0.25) is 0 Å². The van der Waals surface area contributed by atoms with Crippen LogP contribution in [0.15, 0.2) is 24.3 Å². The summed E-state index contributed by atoms with van der Waals surface area (Å²) in [7, 11) is 1.74. The van der Waals surface area contributed by atoms with Crippen LogP contribution in [0, 0.1) is 6.92 Å². The predicted molar refractivity (Wildman–Crippen MR) is 75.2 cm³/mol. The third kappa shape index (κ3) is 2.60. The Kier molecular flexibility index (Phi) is 3.47. The van der Waals surface area contributed by atoms with Crippen molar-refractivity contribution in [2.75, 3.05) is 23.4 Å². The zero-order valence-corrected chi connectivity index (χ0v) is 11.0. The first-order valence-electron chi connectivity index (χ1n) is 5.42. The van der Waals surface area contributed by atoms with E-state index >= 15 is 0 Å². The number of nitrogens with two attached hydrogens (primary N) is 1. The van der Waals surface area contributed by atoms with Gasteiger partial charge in [-0.3, -0.25) is 4.79 Å². The molecule has 0 aliphatic rings. The molecule has 0 bridgehead atoms. The van der Waals surface area contributed by atoms with E-state index in [2.05, 4.69) is 15.6 Å². The first kappa shape index (κ1) is 12.4. The van der Waals surface area contributed by atoms with Crippen LogP contribution in [-0.2, 0) is 0 Å². The number of aromatic nitrogens is 1. The third-order valence-corrected chi connectivity index (χ3v) is 3.47. The number of hydrogen-bond acceptors (Lipinski definition) is 5. The number of benzene rings is 1. The topological polar surface area (TPSA) is 80.0 Å². The van der Waals surface area contributed by atoms with E-state index in [1.807, 2.05) is 31.2 Å². The molecule has 0 saturated carbocycles. The van der Waals surface area contributed by atoms with Gasteiger partial charge in [-0.15, -0.1) is 0 Å². The minimum Gasteiger partial charge on any atom is -0.382 e. The van der Waals surface area contributed by atoms with Gasteiger partial charge in [0, 0.05) is 12.7 Å². The van der Waals surface area contributed by atoms with E-state index in [4.69, 9.17) is 5.73 Å². The van der Waals surface area contributed by atoms with Crippen molar-refractivity contribution >= 4 is 33.9 Å². The average Bonchev–Trinajstić information content (AvgIpc) is 2.73. The minimum absolute atomic E-state index is 0.240. The van der Waals surface area contributed by atoms with Crippen molar-refractivity contribution in [2.45, 2.75) is 6.92 Å². The highest BCUT2D eigenvalue weighted by Crippen LogP contribution is 2.25. The number of nitrogen functional groups attached to an aromatic ring is 1. The average molecular weight is 262 g/mol. The molecule has 94 valence electrons. The maximum atomic E-state index is 12.0. The van der Waals surface area contributed by atoms with Crippen LogP contribution in [0.25, 0.3) is 0 Å². The number of thiazole rings is 1. The lowest BCUT2D eigenvalue weighted by atomic mass is 10.2. The Morgan fingerprint density at radius 1 is 1.33 bits per heavy atom. The van der Waals surface area contributed by atoms with Crippen molar-refractivity contribution in [3.8, 4) is 0 Å². The van der Waals surface area contributed by atoms with Crippen LogP contribution in [0.3, 0.4) is 0 Å². The quantitative estimate of drug-likeness (QED) is 0.793. The van der Waals surface area contributed by atoms with Gasteiger partial charge in [-0.05, 0) is 19.1 Å². The van der Waals surface area contributed by atoms with Crippen LogP contribution in [0.4, 0.5) is 16.6 Å². The van der Waals surface area contributed by atoms with Gasteiger partial charge < -0.3 is 16.4 Å². The molecular weight excluding hydrogens is 248 g/mol. The maximum Gasteiger partial charge on any atom is 0.269 e. The largest absolute Gasteiger partial charge is 0.382 e. The molecule has 0 saturated heterocycles. The molecule has 0 aliphatic carbocycles. The van der Waals surface area contributed by atoms with Gasteiger partial charge in [-0.1, -0.05) is 29.0 Å². The Hall–Kier alpha value is -2.08. The van der Waals surface area contributed by atoms with E-state index in [9.17, 15) is 4.79 Å². The Morgan fingerprint density at radius 2 is 2.00 bits per heavy atom. The number of amides is 1. The number of nitrogens with one attached hydrogen (secondary N) is 2.